The van der Waals surface area contributed by atoms with E-state index in [0.717, 1.165) is 0 Å². The van der Waals surface area contributed by atoms with E-state index in [-0.39, 0.29) is 18.6 Å². The minimum Gasteiger partial charge on any atom is -0.373 e. The van der Waals surface area contributed by atoms with Crippen LogP contribution in [0, 0.1) is 11.2 Å². The zero-order valence-corrected chi connectivity index (χ0v) is 12.1. The predicted molar refractivity (Wildman–Crippen MR) is 69.3 cm³/mol. The van der Waals surface area contributed by atoms with Gasteiger partial charge in [0.15, 0.2) is 5.34 Å². The van der Waals surface area contributed by atoms with Crippen molar-refractivity contribution < 1.29 is 23.1 Å². The molecule has 1 aromatic rings. The Morgan fingerprint density at radius 1 is 1.26 bits per heavy atom. The maximum atomic E-state index is 12.9. The molecule has 1 fully saturated rings. The highest BCUT2D eigenvalue weighted by molar-refractivity contribution is 7.54. The molecule has 0 unspecified atom stereocenters. The first-order valence-corrected chi connectivity index (χ1v) is 7.58. The van der Waals surface area contributed by atoms with Crippen molar-refractivity contribution in [1.82, 2.24) is 0 Å². The van der Waals surface area contributed by atoms with Gasteiger partial charge in [0.1, 0.15) is 5.82 Å². The molecule has 1 aliphatic heterocycles. The number of aliphatic hydroxyl groups is 1. The molecule has 1 heterocycles. The second-order valence-electron chi connectivity index (χ2n) is 5.74. The highest BCUT2D eigenvalue weighted by atomic mass is 31.2. The normalized spacial score (nSPS) is 24.7. The fourth-order valence-corrected chi connectivity index (χ4v) is 3.85. The largest absolute Gasteiger partial charge is 0.373 e. The van der Waals surface area contributed by atoms with E-state index < -0.39 is 18.8 Å². The Hall–Kier alpha value is -0.740. The summed E-state index contributed by atoms with van der Waals surface area (Å²) in [5, 5.41) is 8.70. The predicted octanol–water partition coefficient (Wildman–Crippen LogP) is 3.26. The van der Waals surface area contributed by atoms with Crippen molar-refractivity contribution in [3.8, 4) is 0 Å². The van der Waals surface area contributed by atoms with Crippen LogP contribution in [-0.2, 0) is 19.0 Å². The Bertz CT molecular complexity index is 496. The second kappa shape index (κ2) is 4.67. The summed E-state index contributed by atoms with van der Waals surface area (Å²) in [7, 11) is -3.70. The first kappa shape index (κ1) is 14.7. The van der Waals surface area contributed by atoms with E-state index in [1.165, 1.54) is 31.2 Å². The highest BCUT2D eigenvalue weighted by Crippen LogP contribution is 2.66. The smallest absolute Gasteiger partial charge is 0.366 e. The van der Waals surface area contributed by atoms with Gasteiger partial charge in [-0.3, -0.25) is 4.57 Å². The van der Waals surface area contributed by atoms with Gasteiger partial charge in [-0.2, -0.15) is 0 Å². The van der Waals surface area contributed by atoms with Crippen LogP contribution < -0.4 is 0 Å². The Kier molecular flexibility index (Phi) is 3.60. The molecule has 0 spiro atoms. The quantitative estimate of drug-likeness (QED) is 0.849. The van der Waals surface area contributed by atoms with Crippen molar-refractivity contribution in [3.63, 3.8) is 0 Å². The third kappa shape index (κ3) is 2.75. The summed E-state index contributed by atoms with van der Waals surface area (Å²) in [6, 6.07) is 5.15. The third-order valence-electron chi connectivity index (χ3n) is 3.17. The Balaban J connectivity index is 2.29. The first-order valence-electron chi connectivity index (χ1n) is 6.04. The van der Waals surface area contributed by atoms with Gasteiger partial charge >= 0.3 is 7.60 Å². The zero-order chi connectivity index (χ0) is 14.3. The van der Waals surface area contributed by atoms with Crippen LogP contribution in [0.1, 0.15) is 26.3 Å². The van der Waals surface area contributed by atoms with Crippen LogP contribution in [0.2, 0.25) is 0 Å². The van der Waals surface area contributed by atoms with Crippen LogP contribution in [0.3, 0.4) is 0 Å². The molecule has 1 saturated heterocycles. The molecule has 0 radical (unpaired) electrons. The van der Waals surface area contributed by atoms with Gasteiger partial charge in [-0.1, -0.05) is 26.0 Å². The van der Waals surface area contributed by atoms with Crippen LogP contribution in [0.15, 0.2) is 24.3 Å². The summed E-state index contributed by atoms with van der Waals surface area (Å²) in [6.45, 7) is 5.68. The summed E-state index contributed by atoms with van der Waals surface area (Å²) in [5.74, 6) is -0.426. The van der Waals surface area contributed by atoms with E-state index in [1.807, 2.05) is 13.8 Å². The summed E-state index contributed by atoms with van der Waals surface area (Å²) < 4.78 is 36.2. The molecule has 1 aromatic carbocycles. The SMILES string of the molecule is CC1(C)COP(=O)([C@](C)(O)c2ccc(F)cc2)OC1. The van der Waals surface area contributed by atoms with E-state index in [2.05, 4.69) is 0 Å². The van der Waals surface area contributed by atoms with Crippen LogP contribution in [0.4, 0.5) is 4.39 Å². The fraction of sp³-hybridized carbons (Fsp3) is 0.538. The average Bonchev–Trinajstić information content (AvgIpc) is 2.34. The number of halogens is 1. The van der Waals surface area contributed by atoms with Gasteiger partial charge < -0.3 is 14.2 Å². The van der Waals surface area contributed by atoms with Crippen molar-refractivity contribution in [2.45, 2.75) is 26.1 Å². The van der Waals surface area contributed by atoms with Gasteiger partial charge in [0.05, 0.1) is 13.2 Å². The zero-order valence-electron chi connectivity index (χ0n) is 11.2. The lowest BCUT2D eigenvalue weighted by Crippen LogP contribution is -2.35. The Morgan fingerprint density at radius 3 is 2.21 bits per heavy atom. The molecule has 1 atom stereocenters. The minimum absolute atomic E-state index is 0.238. The van der Waals surface area contributed by atoms with E-state index >= 15 is 0 Å². The van der Waals surface area contributed by atoms with Crippen LogP contribution >= 0.6 is 7.60 Å². The molecule has 0 aliphatic carbocycles. The van der Waals surface area contributed by atoms with Crippen molar-refractivity contribution in [2.75, 3.05) is 13.2 Å². The molecular weight excluding hydrogens is 270 g/mol. The maximum Gasteiger partial charge on any atom is 0.366 e. The first-order chi connectivity index (χ1) is 8.66. The van der Waals surface area contributed by atoms with E-state index in [9.17, 15) is 14.1 Å². The standard InChI is InChI=1S/C13H18FO4P/c1-12(2)8-17-19(16,18-9-12)13(3,15)10-4-6-11(14)7-5-10/h4-7,15H,8-9H2,1-3H3/t13-/m0/s1. The number of hydrogen-bond donors (Lipinski definition) is 1. The van der Waals surface area contributed by atoms with Crippen LogP contribution in [0.25, 0.3) is 0 Å². The molecule has 0 aromatic heterocycles. The van der Waals surface area contributed by atoms with Gasteiger partial charge in [-0.15, -0.1) is 0 Å². The molecule has 0 saturated carbocycles. The molecule has 0 amide bonds. The maximum absolute atomic E-state index is 12.9. The summed E-state index contributed by atoms with van der Waals surface area (Å²) in [4.78, 5) is 0. The number of benzene rings is 1. The average molecular weight is 288 g/mol. The minimum atomic E-state index is -3.70. The van der Waals surface area contributed by atoms with Crippen molar-refractivity contribution in [3.05, 3.63) is 35.6 Å². The second-order valence-corrected chi connectivity index (χ2v) is 8.12. The van der Waals surface area contributed by atoms with Crippen molar-refractivity contribution in [1.29, 1.82) is 0 Å². The lowest BCUT2D eigenvalue weighted by atomic mass is 9.97. The van der Waals surface area contributed by atoms with Crippen LogP contribution in [-0.4, -0.2) is 18.3 Å². The topological polar surface area (TPSA) is 55.8 Å². The lowest BCUT2D eigenvalue weighted by molar-refractivity contribution is 0.000360. The van der Waals surface area contributed by atoms with Crippen molar-refractivity contribution in [2.24, 2.45) is 5.41 Å². The van der Waals surface area contributed by atoms with Gasteiger partial charge in [0.2, 0.25) is 0 Å². The molecule has 6 heteroatoms. The van der Waals surface area contributed by atoms with E-state index in [0.29, 0.717) is 5.56 Å². The number of hydrogen-bond acceptors (Lipinski definition) is 4. The van der Waals surface area contributed by atoms with Gasteiger partial charge in [0.25, 0.3) is 0 Å². The van der Waals surface area contributed by atoms with Crippen LogP contribution in [0.5, 0.6) is 0 Å². The molecule has 19 heavy (non-hydrogen) atoms. The molecule has 1 aliphatic rings. The highest BCUT2D eigenvalue weighted by Gasteiger charge is 2.51. The van der Waals surface area contributed by atoms with E-state index in [1.54, 1.807) is 0 Å². The van der Waals surface area contributed by atoms with Gasteiger partial charge in [-0.05, 0) is 24.6 Å². The molecule has 4 nitrogen and oxygen atoms in total. The Morgan fingerprint density at radius 2 is 1.74 bits per heavy atom. The Labute approximate surface area is 112 Å². The molecule has 2 rings (SSSR count). The fourth-order valence-electron chi connectivity index (χ4n) is 1.77. The monoisotopic (exact) mass is 288 g/mol. The summed E-state index contributed by atoms with van der Waals surface area (Å²) in [6.07, 6.45) is 0. The summed E-state index contributed by atoms with van der Waals surface area (Å²) in [5.41, 5.74) is 0.0595. The molecule has 0 bridgehead atoms. The van der Waals surface area contributed by atoms with Gasteiger partial charge in [-0.25, -0.2) is 4.39 Å². The van der Waals surface area contributed by atoms with Crippen molar-refractivity contribution >= 4 is 7.60 Å². The van der Waals surface area contributed by atoms with Gasteiger partial charge in [0, 0.05) is 5.41 Å². The van der Waals surface area contributed by atoms with E-state index in [4.69, 9.17) is 9.05 Å². The molecular formula is C13H18FO4P. The third-order valence-corrected chi connectivity index (χ3v) is 5.44. The number of rotatable bonds is 2. The summed E-state index contributed by atoms with van der Waals surface area (Å²) >= 11 is 0. The molecule has 106 valence electrons. The lowest BCUT2D eigenvalue weighted by Gasteiger charge is -2.40. The molecule has 1 N–H and O–H groups in total.